The van der Waals surface area contributed by atoms with Gasteiger partial charge in [-0.05, 0) is 6.08 Å². The van der Waals surface area contributed by atoms with Gasteiger partial charge in [0, 0.05) is 6.20 Å². The van der Waals surface area contributed by atoms with E-state index in [0.29, 0.717) is 6.08 Å². The first-order chi connectivity index (χ1) is 5.40. The normalized spacial score (nSPS) is 28.6. The van der Waals surface area contributed by atoms with Gasteiger partial charge in [-0.15, -0.1) is 0 Å². The van der Waals surface area contributed by atoms with Crippen LogP contribution in [0.4, 0.5) is 13.2 Å². The van der Waals surface area contributed by atoms with E-state index in [4.69, 9.17) is 0 Å². The first-order valence-corrected chi connectivity index (χ1v) is 2.97. The minimum atomic E-state index is -4.74. The van der Waals surface area contributed by atoms with E-state index in [1.165, 1.54) is 0 Å². The average molecular weight is 181 g/mol. The van der Waals surface area contributed by atoms with Crippen molar-refractivity contribution in [2.24, 2.45) is 5.73 Å². The molecule has 12 heavy (non-hydrogen) atoms. The van der Waals surface area contributed by atoms with Crippen molar-refractivity contribution in [3.63, 3.8) is 0 Å². The second-order valence-corrected chi connectivity index (χ2v) is 2.27. The Bertz CT molecular complexity index is 237. The highest BCUT2D eigenvalue weighted by Crippen LogP contribution is 2.32. The Morgan fingerprint density at radius 3 is 2.25 bits per heavy atom. The number of primary amides is 1. The van der Waals surface area contributed by atoms with E-state index in [-0.39, 0.29) is 0 Å². The Hall–Kier alpha value is -1.24. The maximum atomic E-state index is 12.2. The maximum absolute atomic E-state index is 12.2. The van der Waals surface area contributed by atoms with Crippen molar-refractivity contribution in [3.05, 3.63) is 12.3 Å². The van der Waals surface area contributed by atoms with Crippen LogP contribution >= 0.6 is 0 Å². The fourth-order valence-corrected chi connectivity index (χ4v) is 0.813. The molecule has 68 valence electrons. The van der Waals surface area contributed by atoms with Crippen molar-refractivity contribution < 1.29 is 18.0 Å². The molecule has 0 spiro atoms. The van der Waals surface area contributed by atoms with Gasteiger partial charge in [0.2, 0.25) is 5.54 Å². The number of rotatable bonds is 1. The van der Waals surface area contributed by atoms with E-state index < -0.39 is 17.6 Å². The third-order valence-electron chi connectivity index (χ3n) is 1.52. The van der Waals surface area contributed by atoms with Crippen LogP contribution in [-0.4, -0.2) is 17.6 Å². The number of hydrogen-bond donors (Lipinski definition) is 3. The Morgan fingerprint density at radius 2 is 2.08 bits per heavy atom. The molecule has 1 rings (SSSR count). The predicted octanol–water partition coefficient (Wildman–Crippen LogP) is -0.606. The molecule has 0 aromatic carbocycles. The predicted molar refractivity (Wildman–Crippen MR) is 33.4 cm³/mol. The quantitative estimate of drug-likeness (QED) is 0.505. The molecule has 0 fully saturated rings. The van der Waals surface area contributed by atoms with E-state index in [2.05, 4.69) is 5.73 Å². The Kier molecular flexibility index (Phi) is 1.75. The third kappa shape index (κ3) is 1.02. The zero-order chi connectivity index (χ0) is 9.41. The van der Waals surface area contributed by atoms with Crippen molar-refractivity contribution in [1.29, 1.82) is 0 Å². The number of alkyl halides is 3. The van der Waals surface area contributed by atoms with Crippen molar-refractivity contribution in [3.8, 4) is 0 Å². The molecule has 0 aromatic heterocycles. The van der Waals surface area contributed by atoms with E-state index in [9.17, 15) is 18.0 Å². The van der Waals surface area contributed by atoms with Crippen molar-refractivity contribution in [1.82, 2.24) is 10.9 Å². The number of hydrazine groups is 1. The first-order valence-electron chi connectivity index (χ1n) is 2.97. The number of carbonyl (C=O) groups is 1. The van der Waals surface area contributed by atoms with Gasteiger partial charge >= 0.3 is 6.18 Å². The highest BCUT2D eigenvalue weighted by Gasteiger charge is 2.59. The molecule has 4 nitrogen and oxygen atoms in total. The number of hydrogen-bond acceptors (Lipinski definition) is 3. The fourth-order valence-electron chi connectivity index (χ4n) is 0.813. The van der Waals surface area contributed by atoms with Gasteiger partial charge in [-0.1, -0.05) is 0 Å². The monoisotopic (exact) mass is 181 g/mol. The average Bonchev–Trinajstić information content (AvgIpc) is 2.31. The van der Waals surface area contributed by atoms with Crippen molar-refractivity contribution in [2.75, 3.05) is 0 Å². The minimum absolute atomic E-state index is 0.634. The zero-order valence-corrected chi connectivity index (χ0v) is 5.77. The van der Waals surface area contributed by atoms with Crippen molar-refractivity contribution in [2.45, 2.75) is 11.7 Å². The van der Waals surface area contributed by atoms with Gasteiger partial charge in [-0.2, -0.15) is 13.2 Å². The lowest BCUT2D eigenvalue weighted by Crippen LogP contribution is -2.63. The van der Waals surface area contributed by atoms with Gasteiger partial charge in [0.1, 0.15) is 0 Å². The molecular formula is C5H6F3N3O. The van der Waals surface area contributed by atoms with Gasteiger partial charge in [0.05, 0.1) is 0 Å². The lowest BCUT2D eigenvalue weighted by atomic mass is 10.0. The van der Waals surface area contributed by atoms with Crippen LogP contribution in [0.15, 0.2) is 12.3 Å². The third-order valence-corrected chi connectivity index (χ3v) is 1.52. The van der Waals surface area contributed by atoms with Crippen LogP contribution in [0.2, 0.25) is 0 Å². The smallest absolute Gasteiger partial charge is 0.367 e. The lowest BCUT2D eigenvalue weighted by molar-refractivity contribution is -0.185. The Labute approximate surface area is 65.6 Å². The standard InChI is InChI=1S/C5H6F3N3O/c6-5(7,8)4(3(9)12)1-2-10-11-4/h1-2,10-11H,(H2,9,12). The van der Waals surface area contributed by atoms with Crippen LogP contribution in [0, 0.1) is 0 Å². The number of amides is 1. The van der Waals surface area contributed by atoms with Gasteiger partial charge in [-0.25, -0.2) is 5.43 Å². The summed E-state index contributed by atoms with van der Waals surface area (Å²) in [6, 6.07) is 0. The summed E-state index contributed by atoms with van der Waals surface area (Å²) < 4.78 is 36.6. The van der Waals surface area contributed by atoms with Gasteiger partial charge in [0.15, 0.2) is 0 Å². The van der Waals surface area contributed by atoms with E-state index in [0.717, 1.165) is 6.20 Å². The van der Waals surface area contributed by atoms with E-state index in [1.807, 2.05) is 5.43 Å². The Balaban J connectivity index is 3.04. The summed E-state index contributed by atoms with van der Waals surface area (Å²) in [7, 11) is 0. The molecule has 4 N–H and O–H groups in total. The molecule has 1 atom stereocenters. The zero-order valence-electron chi connectivity index (χ0n) is 5.77. The maximum Gasteiger partial charge on any atom is 0.421 e. The fraction of sp³-hybridized carbons (Fsp3) is 0.400. The summed E-state index contributed by atoms with van der Waals surface area (Å²) in [5, 5.41) is 0. The number of nitrogens with two attached hydrogens (primary N) is 1. The lowest BCUT2D eigenvalue weighted by Gasteiger charge is -2.26. The van der Waals surface area contributed by atoms with E-state index in [1.54, 1.807) is 5.43 Å². The van der Waals surface area contributed by atoms with Crippen LogP contribution in [0.5, 0.6) is 0 Å². The summed E-state index contributed by atoms with van der Waals surface area (Å²) in [5.41, 5.74) is 5.63. The molecule has 1 unspecified atom stereocenters. The molecule has 0 aliphatic carbocycles. The minimum Gasteiger partial charge on any atom is -0.367 e. The summed E-state index contributed by atoms with van der Waals surface area (Å²) in [5.74, 6) is -1.49. The van der Waals surface area contributed by atoms with E-state index >= 15 is 0 Å². The van der Waals surface area contributed by atoms with Crippen LogP contribution in [-0.2, 0) is 4.79 Å². The highest BCUT2D eigenvalue weighted by atomic mass is 19.4. The highest BCUT2D eigenvalue weighted by molar-refractivity contribution is 5.88. The molecule has 0 bridgehead atoms. The Morgan fingerprint density at radius 1 is 1.50 bits per heavy atom. The molecule has 1 heterocycles. The molecule has 0 radical (unpaired) electrons. The molecule has 1 aliphatic rings. The topological polar surface area (TPSA) is 67.2 Å². The number of carbonyl (C=O) groups excluding carboxylic acids is 1. The molecule has 1 amide bonds. The number of nitrogens with one attached hydrogen (secondary N) is 2. The SMILES string of the molecule is NC(=O)C1(C(F)(F)F)C=CNN1. The van der Waals surface area contributed by atoms with Gasteiger partial charge in [0.25, 0.3) is 5.91 Å². The molecule has 0 saturated heterocycles. The number of halogens is 3. The van der Waals surface area contributed by atoms with Crippen LogP contribution < -0.4 is 16.6 Å². The summed E-state index contributed by atoms with van der Waals surface area (Å²) in [6.07, 6.45) is -3.13. The second-order valence-electron chi connectivity index (χ2n) is 2.27. The molecule has 1 aliphatic heterocycles. The van der Waals surface area contributed by atoms with Gasteiger partial charge in [-0.3, -0.25) is 4.79 Å². The molecule has 0 aromatic rings. The molecule has 0 saturated carbocycles. The molecular weight excluding hydrogens is 175 g/mol. The summed E-state index contributed by atoms with van der Waals surface area (Å²) in [4.78, 5) is 10.5. The summed E-state index contributed by atoms with van der Waals surface area (Å²) in [6.45, 7) is 0. The van der Waals surface area contributed by atoms with Crippen LogP contribution in [0.25, 0.3) is 0 Å². The van der Waals surface area contributed by atoms with Crippen LogP contribution in [0.3, 0.4) is 0 Å². The van der Waals surface area contributed by atoms with Gasteiger partial charge < -0.3 is 11.2 Å². The first kappa shape index (κ1) is 8.85. The summed E-state index contributed by atoms with van der Waals surface area (Å²) >= 11 is 0. The second kappa shape index (κ2) is 2.37. The van der Waals surface area contributed by atoms with Crippen molar-refractivity contribution >= 4 is 5.91 Å². The molecule has 7 heteroatoms. The van der Waals surface area contributed by atoms with Crippen LogP contribution in [0.1, 0.15) is 0 Å². The largest absolute Gasteiger partial charge is 0.421 e.